The summed E-state index contributed by atoms with van der Waals surface area (Å²) in [6, 6.07) is 0. The summed E-state index contributed by atoms with van der Waals surface area (Å²) in [5, 5.41) is 0. The Balaban J connectivity index is 3.31. The second-order valence-corrected chi connectivity index (χ2v) is 8.71. The molecule has 0 saturated heterocycles. The topological polar surface area (TPSA) is 54.0 Å². The molecule has 0 fully saturated rings. The van der Waals surface area contributed by atoms with Crippen LogP contribution in [0, 0.1) is 0 Å². The molecule has 108 valence electrons. The van der Waals surface area contributed by atoms with Crippen LogP contribution in [0.4, 0.5) is 0 Å². The fourth-order valence-corrected chi connectivity index (χ4v) is 2.70. The van der Waals surface area contributed by atoms with Gasteiger partial charge in [0.1, 0.15) is 6.79 Å². The molecule has 0 heterocycles. The maximum atomic E-state index is 10.8. The number of carbonyl (C=O) groups is 1. The van der Waals surface area contributed by atoms with Gasteiger partial charge in [-0.3, -0.25) is 4.79 Å². The summed E-state index contributed by atoms with van der Waals surface area (Å²) in [4.78, 5) is 10.8. The molecule has 0 aliphatic heterocycles. The maximum absolute atomic E-state index is 10.8. The van der Waals surface area contributed by atoms with Gasteiger partial charge in [0.25, 0.3) is 14.3 Å². The summed E-state index contributed by atoms with van der Waals surface area (Å²) in [6.07, 6.45) is 2.67. The third-order valence-corrected chi connectivity index (χ3v) is 3.79. The number of hydrogen-bond donors (Lipinski definition) is 0. The molecule has 0 rings (SSSR count). The molecular weight excluding hydrogens is 252 g/mol. The van der Waals surface area contributed by atoms with Gasteiger partial charge in [0.2, 0.25) is 0 Å². The average molecular weight is 278 g/mol. The van der Waals surface area contributed by atoms with Gasteiger partial charge in [0, 0.05) is 13.5 Å². The SMILES string of the molecule is CCCCOCCOCOC[Si](C)(C)OC(C)=O. The van der Waals surface area contributed by atoms with E-state index >= 15 is 0 Å². The van der Waals surface area contributed by atoms with Crippen molar-refractivity contribution in [1.82, 2.24) is 0 Å². The van der Waals surface area contributed by atoms with E-state index in [1.807, 2.05) is 13.1 Å². The van der Waals surface area contributed by atoms with Crippen molar-refractivity contribution in [2.75, 3.05) is 32.8 Å². The Hall–Kier alpha value is -0.433. The van der Waals surface area contributed by atoms with Gasteiger partial charge in [-0.1, -0.05) is 13.3 Å². The first kappa shape index (κ1) is 17.6. The highest BCUT2D eigenvalue weighted by atomic mass is 28.4. The van der Waals surface area contributed by atoms with Crippen molar-refractivity contribution >= 4 is 14.3 Å². The lowest BCUT2D eigenvalue weighted by atomic mass is 10.4. The minimum Gasteiger partial charge on any atom is -0.517 e. The number of carbonyl (C=O) groups excluding carboxylic acids is 1. The van der Waals surface area contributed by atoms with Crippen LogP contribution < -0.4 is 0 Å². The molecule has 0 saturated carbocycles. The lowest BCUT2D eigenvalue weighted by molar-refractivity contribution is -0.133. The monoisotopic (exact) mass is 278 g/mol. The molecule has 0 radical (unpaired) electrons. The Morgan fingerprint density at radius 1 is 1.06 bits per heavy atom. The largest absolute Gasteiger partial charge is 0.517 e. The van der Waals surface area contributed by atoms with Gasteiger partial charge in [-0.15, -0.1) is 0 Å². The number of hydrogen-bond acceptors (Lipinski definition) is 5. The molecule has 0 spiro atoms. The Kier molecular flexibility index (Phi) is 10.2. The second kappa shape index (κ2) is 10.5. The number of rotatable bonds is 11. The van der Waals surface area contributed by atoms with Crippen LogP contribution in [0.2, 0.25) is 13.1 Å². The third kappa shape index (κ3) is 12.0. The van der Waals surface area contributed by atoms with Crippen molar-refractivity contribution < 1.29 is 23.4 Å². The Labute approximate surface area is 111 Å². The van der Waals surface area contributed by atoms with E-state index in [4.69, 9.17) is 18.6 Å². The molecule has 0 aliphatic carbocycles. The van der Waals surface area contributed by atoms with Crippen LogP contribution in [0.3, 0.4) is 0 Å². The lowest BCUT2D eigenvalue weighted by Gasteiger charge is -2.21. The highest BCUT2D eigenvalue weighted by Gasteiger charge is 2.25. The highest BCUT2D eigenvalue weighted by Crippen LogP contribution is 2.05. The van der Waals surface area contributed by atoms with Crippen molar-refractivity contribution in [2.45, 2.75) is 39.8 Å². The third-order valence-electron chi connectivity index (χ3n) is 2.05. The van der Waals surface area contributed by atoms with E-state index < -0.39 is 8.32 Å². The average Bonchev–Trinajstić information content (AvgIpc) is 2.25. The minimum absolute atomic E-state index is 0.217. The molecule has 5 nitrogen and oxygen atoms in total. The Bertz CT molecular complexity index is 221. The molecule has 0 aliphatic rings. The van der Waals surface area contributed by atoms with Gasteiger partial charge in [-0.2, -0.15) is 0 Å². The zero-order valence-corrected chi connectivity index (χ0v) is 13.0. The quantitative estimate of drug-likeness (QED) is 0.329. The first-order valence-corrected chi connectivity index (χ1v) is 9.52. The number of ether oxygens (including phenoxy) is 3. The van der Waals surface area contributed by atoms with E-state index in [9.17, 15) is 4.79 Å². The van der Waals surface area contributed by atoms with Crippen molar-refractivity contribution in [3.05, 3.63) is 0 Å². The summed E-state index contributed by atoms with van der Waals surface area (Å²) in [7, 11) is -2.04. The standard InChI is InChI=1S/C12H26O5Si/c1-5-6-7-14-8-9-15-10-16-11-18(3,4)17-12(2)13/h5-11H2,1-4H3. The Morgan fingerprint density at radius 3 is 2.33 bits per heavy atom. The lowest BCUT2D eigenvalue weighted by Crippen LogP contribution is -2.38. The van der Waals surface area contributed by atoms with E-state index in [1.165, 1.54) is 6.92 Å². The normalized spacial score (nSPS) is 11.6. The summed E-state index contributed by atoms with van der Waals surface area (Å²) >= 11 is 0. The molecular formula is C12H26O5Si. The van der Waals surface area contributed by atoms with Crippen molar-refractivity contribution in [2.24, 2.45) is 0 Å². The zero-order chi connectivity index (χ0) is 13.9. The van der Waals surface area contributed by atoms with Gasteiger partial charge < -0.3 is 18.6 Å². The maximum Gasteiger partial charge on any atom is 0.289 e. The summed E-state index contributed by atoms with van der Waals surface area (Å²) in [5.74, 6) is -0.250. The predicted octanol–water partition coefficient (Wildman–Crippen LogP) is 2.10. The van der Waals surface area contributed by atoms with Gasteiger partial charge in [0.15, 0.2) is 0 Å². The molecule has 18 heavy (non-hydrogen) atoms. The first-order chi connectivity index (χ1) is 8.48. The van der Waals surface area contributed by atoms with Crippen molar-refractivity contribution in [3.8, 4) is 0 Å². The van der Waals surface area contributed by atoms with E-state index in [2.05, 4.69) is 6.92 Å². The van der Waals surface area contributed by atoms with Gasteiger partial charge >= 0.3 is 0 Å². The van der Waals surface area contributed by atoms with E-state index in [1.54, 1.807) is 0 Å². The fourth-order valence-electron chi connectivity index (χ4n) is 1.29. The molecule has 6 heteroatoms. The smallest absolute Gasteiger partial charge is 0.289 e. The molecule has 0 aromatic carbocycles. The Morgan fingerprint density at radius 2 is 1.72 bits per heavy atom. The summed E-state index contributed by atoms with van der Waals surface area (Å²) in [6.45, 7) is 9.53. The van der Waals surface area contributed by atoms with Gasteiger partial charge in [-0.25, -0.2) is 0 Å². The second-order valence-electron chi connectivity index (χ2n) is 4.69. The molecule has 0 atom stereocenters. The predicted molar refractivity (Wildman–Crippen MR) is 71.7 cm³/mol. The van der Waals surface area contributed by atoms with E-state index in [0.29, 0.717) is 19.4 Å². The fraction of sp³-hybridized carbons (Fsp3) is 0.917. The summed E-state index contributed by atoms with van der Waals surface area (Å²) in [5.41, 5.74) is 0. The minimum atomic E-state index is -2.04. The molecule has 0 amide bonds. The summed E-state index contributed by atoms with van der Waals surface area (Å²) < 4.78 is 21.1. The molecule has 0 N–H and O–H groups in total. The molecule has 0 unspecified atom stereocenters. The highest BCUT2D eigenvalue weighted by molar-refractivity contribution is 6.72. The van der Waals surface area contributed by atoms with Crippen LogP contribution in [0.1, 0.15) is 26.7 Å². The van der Waals surface area contributed by atoms with E-state index in [0.717, 1.165) is 19.4 Å². The van der Waals surface area contributed by atoms with Crippen LogP contribution in [-0.2, 0) is 23.4 Å². The van der Waals surface area contributed by atoms with Gasteiger partial charge in [-0.05, 0) is 19.5 Å². The van der Waals surface area contributed by atoms with Crippen LogP contribution >= 0.6 is 0 Å². The van der Waals surface area contributed by atoms with Crippen LogP contribution in [-0.4, -0.2) is 47.1 Å². The van der Waals surface area contributed by atoms with Gasteiger partial charge in [0.05, 0.1) is 19.4 Å². The molecule has 0 aromatic heterocycles. The van der Waals surface area contributed by atoms with Crippen LogP contribution in [0.5, 0.6) is 0 Å². The van der Waals surface area contributed by atoms with Crippen molar-refractivity contribution in [3.63, 3.8) is 0 Å². The van der Waals surface area contributed by atoms with Crippen LogP contribution in [0.25, 0.3) is 0 Å². The van der Waals surface area contributed by atoms with E-state index in [-0.39, 0.29) is 12.8 Å². The number of unbranched alkanes of at least 4 members (excludes halogenated alkanes) is 1. The zero-order valence-electron chi connectivity index (χ0n) is 12.0. The van der Waals surface area contributed by atoms with Crippen LogP contribution in [0.15, 0.2) is 0 Å². The first-order valence-electron chi connectivity index (χ1n) is 6.41. The van der Waals surface area contributed by atoms with Crippen molar-refractivity contribution in [1.29, 1.82) is 0 Å². The molecule has 0 bridgehead atoms. The molecule has 0 aromatic rings.